The van der Waals surface area contributed by atoms with Crippen molar-refractivity contribution < 1.29 is 24.0 Å². The number of nitrogens with zero attached hydrogens (tertiary/aromatic N) is 4. The lowest BCUT2D eigenvalue weighted by Gasteiger charge is -2.24. The van der Waals surface area contributed by atoms with Gasteiger partial charge in [0.2, 0.25) is 11.8 Å². The first-order chi connectivity index (χ1) is 14.7. The molecule has 0 bridgehead atoms. The molecule has 172 valence electrons. The van der Waals surface area contributed by atoms with Crippen LogP contribution in [-0.4, -0.2) is 63.1 Å². The van der Waals surface area contributed by atoms with Crippen molar-refractivity contribution in [3.63, 3.8) is 0 Å². The van der Waals surface area contributed by atoms with Crippen molar-refractivity contribution >= 4 is 23.9 Å². The lowest BCUT2D eigenvalue weighted by molar-refractivity contribution is -0.141. The van der Waals surface area contributed by atoms with Crippen LogP contribution in [0.2, 0.25) is 0 Å². The minimum atomic E-state index is -1.06. The highest BCUT2D eigenvalue weighted by atomic mass is 16.5. The number of rotatable bonds is 11. The van der Waals surface area contributed by atoms with Gasteiger partial charge < -0.3 is 42.8 Å². The molecule has 31 heavy (non-hydrogen) atoms. The van der Waals surface area contributed by atoms with Crippen LogP contribution in [0, 0.1) is 0 Å². The molecule has 1 fully saturated rings. The highest BCUT2D eigenvalue weighted by molar-refractivity contribution is 5.83. The van der Waals surface area contributed by atoms with Crippen molar-refractivity contribution in [1.29, 1.82) is 0 Å². The Morgan fingerprint density at radius 1 is 1.29 bits per heavy atom. The summed E-state index contributed by atoms with van der Waals surface area (Å²) in [5.41, 5.74) is 21.7. The number of nitrogens with two attached hydrogens (primary N) is 4. The molecular weight excluding hydrogens is 410 g/mol. The van der Waals surface area contributed by atoms with E-state index in [1.54, 1.807) is 0 Å². The Bertz CT molecular complexity index is 808. The third kappa shape index (κ3) is 7.09. The molecule has 2 heterocycles. The Kier molecular flexibility index (Phi) is 8.54. The second-order valence-corrected chi connectivity index (χ2v) is 7.24. The van der Waals surface area contributed by atoms with Crippen molar-refractivity contribution in [3.8, 4) is 0 Å². The molecule has 1 aromatic heterocycles. The molecule has 14 heteroatoms. The highest BCUT2D eigenvalue weighted by Gasteiger charge is 2.35. The molecule has 10 N–H and O–H groups in total. The molecule has 0 spiro atoms. The number of primary amides is 1. The van der Waals surface area contributed by atoms with Gasteiger partial charge in [0.15, 0.2) is 11.8 Å². The second-order valence-electron chi connectivity index (χ2n) is 7.24. The molecule has 0 saturated carbocycles. The number of aliphatic imine (C=N–C) groups is 1. The number of carboxylic acids is 1. The molecule has 0 aromatic carbocycles. The SMILES string of the molecule is NC(=O)CC[C@H](N)c1noc([C@H](CCCN=C(N)N)NC(=O)N2CCC[C@@H]2C(=O)O)n1. The average Bonchev–Trinajstić information content (AvgIpc) is 3.38. The summed E-state index contributed by atoms with van der Waals surface area (Å²) >= 11 is 0. The van der Waals surface area contributed by atoms with E-state index in [1.807, 2.05) is 0 Å². The van der Waals surface area contributed by atoms with Gasteiger partial charge in [0.25, 0.3) is 0 Å². The van der Waals surface area contributed by atoms with Crippen LogP contribution in [0.5, 0.6) is 0 Å². The van der Waals surface area contributed by atoms with Gasteiger partial charge in [-0.3, -0.25) is 9.79 Å². The standard InChI is InChI=1S/C17H29N9O5/c18-9(5-6-12(19)27)13-24-14(31-25-13)10(3-1-7-22-16(20)21)23-17(30)26-8-2-4-11(26)15(28)29/h9-11H,1-8,18H2,(H2,19,27)(H,23,30)(H,28,29)(H4,20,21,22)/t9-,10-,11+/m0/s1. The fraction of sp³-hybridized carbons (Fsp3) is 0.647. The van der Waals surface area contributed by atoms with E-state index in [0.29, 0.717) is 38.8 Å². The third-order valence-electron chi connectivity index (χ3n) is 4.83. The van der Waals surface area contributed by atoms with Crippen LogP contribution in [0.3, 0.4) is 0 Å². The molecule has 1 aliphatic heterocycles. The minimum Gasteiger partial charge on any atom is -0.480 e. The summed E-state index contributed by atoms with van der Waals surface area (Å²) in [5.74, 6) is -1.33. The molecule has 14 nitrogen and oxygen atoms in total. The minimum absolute atomic E-state index is 0.0533. The lowest BCUT2D eigenvalue weighted by atomic mass is 10.1. The Labute approximate surface area is 178 Å². The van der Waals surface area contributed by atoms with E-state index < -0.39 is 36.0 Å². The number of aliphatic carboxylic acids is 1. The normalized spacial score (nSPS) is 17.7. The summed E-state index contributed by atoms with van der Waals surface area (Å²) in [4.78, 5) is 44.5. The Hall–Kier alpha value is -3.42. The van der Waals surface area contributed by atoms with Crippen LogP contribution in [-0.2, 0) is 9.59 Å². The predicted octanol–water partition coefficient (Wildman–Crippen LogP) is -1.31. The number of hydrogen-bond donors (Lipinski definition) is 6. The van der Waals surface area contributed by atoms with Crippen molar-refractivity contribution in [2.45, 2.75) is 56.7 Å². The quantitative estimate of drug-likeness (QED) is 0.135. The van der Waals surface area contributed by atoms with Gasteiger partial charge in [-0.25, -0.2) is 9.59 Å². The zero-order valence-electron chi connectivity index (χ0n) is 17.1. The molecular formula is C17H29N9O5. The van der Waals surface area contributed by atoms with Crippen LogP contribution in [0.15, 0.2) is 9.52 Å². The number of nitrogens with one attached hydrogen (secondary N) is 1. The number of urea groups is 1. The highest BCUT2D eigenvalue weighted by Crippen LogP contribution is 2.23. The van der Waals surface area contributed by atoms with Gasteiger partial charge in [0.1, 0.15) is 12.1 Å². The monoisotopic (exact) mass is 439 g/mol. The summed E-state index contributed by atoms with van der Waals surface area (Å²) in [6.07, 6.45) is 2.12. The largest absolute Gasteiger partial charge is 0.480 e. The molecule has 0 aliphatic carbocycles. The number of likely N-dealkylation sites (tertiary alicyclic amines) is 1. The van der Waals surface area contributed by atoms with E-state index in [-0.39, 0.29) is 30.5 Å². The summed E-state index contributed by atoms with van der Waals surface area (Å²) in [6, 6.07) is -2.81. The molecule has 1 saturated heterocycles. The van der Waals surface area contributed by atoms with Crippen LogP contribution in [0.4, 0.5) is 4.79 Å². The summed E-state index contributed by atoms with van der Waals surface area (Å²) < 4.78 is 5.28. The van der Waals surface area contributed by atoms with Gasteiger partial charge in [-0.1, -0.05) is 5.16 Å². The van der Waals surface area contributed by atoms with E-state index in [2.05, 4.69) is 20.4 Å². The molecule has 3 amide bonds. The summed E-state index contributed by atoms with van der Waals surface area (Å²) in [5, 5.41) is 15.9. The zero-order valence-corrected chi connectivity index (χ0v) is 17.1. The fourth-order valence-corrected chi connectivity index (χ4v) is 3.23. The third-order valence-corrected chi connectivity index (χ3v) is 4.83. The number of aromatic nitrogens is 2. The van der Waals surface area contributed by atoms with Gasteiger partial charge in [0.05, 0.1) is 6.04 Å². The molecule has 3 atom stereocenters. The maximum Gasteiger partial charge on any atom is 0.326 e. The number of carboxylic acid groups (broad SMARTS) is 1. The van der Waals surface area contributed by atoms with Gasteiger partial charge in [-0.05, 0) is 32.1 Å². The number of hydrogen-bond acceptors (Lipinski definition) is 8. The average molecular weight is 439 g/mol. The van der Waals surface area contributed by atoms with Crippen molar-refractivity contribution in [2.75, 3.05) is 13.1 Å². The summed E-state index contributed by atoms with van der Waals surface area (Å²) in [6.45, 7) is 0.645. The maximum atomic E-state index is 12.7. The number of carbonyl (C=O) groups excluding carboxylic acids is 2. The fourth-order valence-electron chi connectivity index (χ4n) is 3.23. The molecule has 0 radical (unpaired) electrons. The van der Waals surface area contributed by atoms with E-state index in [1.165, 1.54) is 4.90 Å². The van der Waals surface area contributed by atoms with Crippen LogP contribution in [0.1, 0.15) is 62.3 Å². The molecule has 0 unspecified atom stereocenters. The smallest absolute Gasteiger partial charge is 0.326 e. The maximum absolute atomic E-state index is 12.7. The van der Waals surface area contributed by atoms with Gasteiger partial charge in [-0.2, -0.15) is 4.98 Å². The first kappa shape index (κ1) is 23.9. The Morgan fingerprint density at radius 3 is 2.68 bits per heavy atom. The van der Waals surface area contributed by atoms with Gasteiger partial charge in [0, 0.05) is 19.5 Å². The van der Waals surface area contributed by atoms with Gasteiger partial charge >= 0.3 is 12.0 Å². The van der Waals surface area contributed by atoms with E-state index in [0.717, 1.165) is 0 Å². The lowest BCUT2D eigenvalue weighted by Crippen LogP contribution is -2.47. The van der Waals surface area contributed by atoms with E-state index >= 15 is 0 Å². The molecule has 1 aliphatic rings. The first-order valence-corrected chi connectivity index (χ1v) is 9.91. The molecule has 1 aromatic rings. The summed E-state index contributed by atoms with van der Waals surface area (Å²) in [7, 11) is 0. The number of amides is 3. The topological polar surface area (TPSA) is 242 Å². The zero-order chi connectivity index (χ0) is 23.0. The molecule has 2 rings (SSSR count). The van der Waals surface area contributed by atoms with Crippen LogP contribution >= 0.6 is 0 Å². The van der Waals surface area contributed by atoms with E-state index in [4.69, 9.17) is 27.5 Å². The van der Waals surface area contributed by atoms with Crippen LogP contribution < -0.4 is 28.3 Å². The predicted molar refractivity (Wildman–Crippen MR) is 108 cm³/mol. The van der Waals surface area contributed by atoms with Gasteiger partial charge in [-0.15, -0.1) is 0 Å². The van der Waals surface area contributed by atoms with Crippen LogP contribution in [0.25, 0.3) is 0 Å². The Balaban J connectivity index is 2.11. The first-order valence-electron chi connectivity index (χ1n) is 9.91. The second kappa shape index (κ2) is 11.1. The number of carbonyl (C=O) groups is 3. The Morgan fingerprint density at radius 2 is 2.03 bits per heavy atom. The number of guanidine groups is 1. The van der Waals surface area contributed by atoms with Crippen molar-refractivity contribution in [1.82, 2.24) is 20.4 Å². The van der Waals surface area contributed by atoms with Crippen molar-refractivity contribution in [3.05, 3.63) is 11.7 Å². The van der Waals surface area contributed by atoms with E-state index in [9.17, 15) is 19.5 Å². The van der Waals surface area contributed by atoms with Crippen molar-refractivity contribution in [2.24, 2.45) is 27.9 Å².